The van der Waals surface area contributed by atoms with Crippen molar-refractivity contribution >= 4 is 5.84 Å². The molecule has 0 saturated heterocycles. The Hall–Kier alpha value is -3.49. The Balaban J connectivity index is 1.32. The number of benzene rings is 3. The van der Waals surface area contributed by atoms with Crippen LogP contribution in [0.25, 0.3) is 0 Å². The van der Waals surface area contributed by atoms with Gasteiger partial charge in [-0.2, -0.15) is 5.26 Å². The van der Waals surface area contributed by atoms with Crippen LogP contribution < -0.4 is 5.32 Å². The van der Waals surface area contributed by atoms with Gasteiger partial charge in [-0.25, -0.2) is 4.39 Å². The van der Waals surface area contributed by atoms with Crippen molar-refractivity contribution in [2.45, 2.75) is 37.9 Å². The van der Waals surface area contributed by atoms with Crippen molar-refractivity contribution in [2.75, 3.05) is 13.1 Å². The van der Waals surface area contributed by atoms with Gasteiger partial charge in [-0.3, -0.25) is 4.99 Å². The van der Waals surface area contributed by atoms with Crippen LogP contribution in [0.1, 0.15) is 46.2 Å². The second-order valence-corrected chi connectivity index (χ2v) is 8.66. The van der Waals surface area contributed by atoms with E-state index in [1.165, 1.54) is 23.3 Å². The average Bonchev–Trinajstić information content (AvgIpc) is 3.08. The van der Waals surface area contributed by atoms with Crippen molar-refractivity contribution in [3.05, 3.63) is 106 Å². The van der Waals surface area contributed by atoms with Gasteiger partial charge in [0, 0.05) is 19.5 Å². The molecular weight excluding hydrogens is 413 g/mol. The molecule has 1 N–H and O–H groups in total. The Bertz CT molecular complexity index is 1230. The first-order chi connectivity index (χ1) is 16.2. The molecular formula is C28H26FN3O. The minimum absolute atomic E-state index is 0.264. The first-order valence-corrected chi connectivity index (χ1v) is 11.5. The van der Waals surface area contributed by atoms with Gasteiger partial charge in [0.15, 0.2) is 0 Å². The zero-order chi connectivity index (χ0) is 22.7. The van der Waals surface area contributed by atoms with E-state index in [2.05, 4.69) is 35.7 Å². The van der Waals surface area contributed by atoms with E-state index in [9.17, 15) is 9.65 Å². The third kappa shape index (κ3) is 4.27. The van der Waals surface area contributed by atoms with Gasteiger partial charge in [0.1, 0.15) is 17.3 Å². The van der Waals surface area contributed by atoms with Crippen LogP contribution in [0.4, 0.5) is 4.39 Å². The highest BCUT2D eigenvalue weighted by Gasteiger charge is 2.41. The molecule has 0 aromatic heterocycles. The maximum Gasteiger partial charge on any atom is 0.123 e. The van der Waals surface area contributed by atoms with E-state index in [-0.39, 0.29) is 5.82 Å². The van der Waals surface area contributed by atoms with Crippen LogP contribution in [-0.2, 0) is 29.8 Å². The summed E-state index contributed by atoms with van der Waals surface area (Å²) in [6, 6.07) is 23.1. The van der Waals surface area contributed by atoms with Gasteiger partial charge in [0.25, 0.3) is 0 Å². The summed E-state index contributed by atoms with van der Waals surface area (Å²) in [5.74, 6) is 0.766. The van der Waals surface area contributed by atoms with E-state index in [1.807, 2.05) is 30.3 Å². The van der Waals surface area contributed by atoms with E-state index >= 15 is 0 Å². The lowest BCUT2D eigenvalue weighted by atomic mass is 9.81. The van der Waals surface area contributed by atoms with Crippen LogP contribution in [0.5, 0.6) is 0 Å². The summed E-state index contributed by atoms with van der Waals surface area (Å²) < 4.78 is 20.0. The molecule has 0 spiro atoms. The largest absolute Gasteiger partial charge is 0.374 e. The fourth-order valence-electron chi connectivity index (χ4n) is 4.97. The summed E-state index contributed by atoms with van der Waals surface area (Å²) in [7, 11) is 0. The summed E-state index contributed by atoms with van der Waals surface area (Å²) in [6.45, 7) is 2.02. The molecule has 0 saturated carbocycles. The number of aliphatic imine (C=N–C) groups is 1. The Morgan fingerprint density at radius 2 is 1.85 bits per heavy atom. The Kier molecular flexibility index (Phi) is 5.93. The minimum Gasteiger partial charge on any atom is -0.374 e. The number of nitriles is 1. The van der Waals surface area contributed by atoms with Crippen LogP contribution in [0.15, 0.2) is 71.7 Å². The van der Waals surface area contributed by atoms with Crippen molar-refractivity contribution in [1.82, 2.24) is 5.32 Å². The van der Waals surface area contributed by atoms with Crippen molar-refractivity contribution < 1.29 is 9.13 Å². The number of ether oxygens (including phenoxy) is 1. The molecule has 1 atom stereocenters. The van der Waals surface area contributed by atoms with E-state index in [4.69, 9.17) is 9.73 Å². The van der Waals surface area contributed by atoms with Gasteiger partial charge in [-0.15, -0.1) is 0 Å². The number of hydrogen-bond donors (Lipinski definition) is 1. The number of fused-ring (bicyclic) bond motifs is 2. The minimum atomic E-state index is -0.642. The molecule has 0 amide bonds. The van der Waals surface area contributed by atoms with Crippen LogP contribution in [0, 0.1) is 17.1 Å². The molecule has 0 fully saturated rings. The van der Waals surface area contributed by atoms with E-state index in [1.54, 1.807) is 0 Å². The normalized spacial score (nSPS) is 19.1. The van der Waals surface area contributed by atoms with Crippen molar-refractivity contribution in [3.63, 3.8) is 0 Å². The molecule has 0 radical (unpaired) electrons. The lowest BCUT2D eigenvalue weighted by Crippen LogP contribution is -2.31. The molecule has 5 heteroatoms. The molecule has 3 aromatic carbocycles. The number of nitrogens with zero attached hydrogens (tertiary/aromatic N) is 2. The third-order valence-electron chi connectivity index (χ3n) is 6.65. The van der Waals surface area contributed by atoms with Gasteiger partial charge in [0.2, 0.25) is 0 Å². The van der Waals surface area contributed by atoms with Gasteiger partial charge < -0.3 is 10.1 Å². The maximum absolute atomic E-state index is 13.6. The molecule has 166 valence electrons. The number of nitrogens with one attached hydrogen (secondary N) is 1. The topological polar surface area (TPSA) is 57.4 Å². The molecule has 33 heavy (non-hydrogen) atoms. The predicted octanol–water partition coefficient (Wildman–Crippen LogP) is 5.04. The second-order valence-electron chi connectivity index (χ2n) is 8.66. The Labute approximate surface area is 193 Å². The summed E-state index contributed by atoms with van der Waals surface area (Å²) in [5, 5.41) is 12.8. The number of hydrogen-bond acceptors (Lipinski definition) is 4. The smallest absolute Gasteiger partial charge is 0.123 e. The monoisotopic (exact) mass is 439 g/mol. The maximum atomic E-state index is 13.6. The lowest BCUT2D eigenvalue weighted by Gasteiger charge is -2.31. The summed E-state index contributed by atoms with van der Waals surface area (Å²) in [4.78, 5) is 4.75. The standard InChI is InChI=1S/C28H26FN3O/c29-25-9-7-24(8-10-25)28(26-11-6-20(18-30)16-23(26)19-33-28)13-3-14-31-27-17-22-5-2-1-4-21(22)12-15-32-27/h1-2,4-11,16H,3,12-15,17,19H2,(H,31,32). The van der Waals surface area contributed by atoms with Crippen molar-refractivity contribution in [3.8, 4) is 6.07 Å². The van der Waals surface area contributed by atoms with Crippen LogP contribution >= 0.6 is 0 Å². The molecule has 1 unspecified atom stereocenters. The lowest BCUT2D eigenvalue weighted by molar-refractivity contribution is -0.0127. The number of rotatable bonds is 5. The van der Waals surface area contributed by atoms with Crippen LogP contribution in [-0.4, -0.2) is 18.9 Å². The molecule has 3 aromatic rings. The van der Waals surface area contributed by atoms with Crippen LogP contribution in [0.2, 0.25) is 0 Å². The van der Waals surface area contributed by atoms with Gasteiger partial charge in [0.05, 0.1) is 18.2 Å². The first-order valence-electron chi connectivity index (χ1n) is 11.5. The summed E-state index contributed by atoms with van der Waals surface area (Å²) in [5.41, 5.74) is 5.72. The molecule has 2 heterocycles. The van der Waals surface area contributed by atoms with Gasteiger partial charge in [-0.05, 0) is 71.3 Å². The average molecular weight is 440 g/mol. The highest BCUT2D eigenvalue weighted by Crippen LogP contribution is 2.45. The number of amidine groups is 1. The zero-order valence-corrected chi connectivity index (χ0v) is 18.5. The fraction of sp³-hybridized carbons (Fsp3) is 0.286. The Morgan fingerprint density at radius 3 is 2.67 bits per heavy atom. The van der Waals surface area contributed by atoms with Gasteiger partial charge >= 0.3 is 0 Å². The second kappa shape index (κ2) is 9.17. The molecule has 0 bridgehead atoms. The molecule has 5 rings (SSSR count). The molecule has 0 aliphatic carbocycles. The quantitative estimate of drug-likeness (QED) is 0.567. The van der Waals surface area contributed by atoms with E-state index in [0.29, 0.717) is 12.2 Å². The summed E-state index contributed by atoms with van der Waals surface area (Å²) >= 11 is 0. The SMILES string of the molecule is N#Cc1ccc2c(c1)COC2(CCCNC1=NCCc2ccccc2C1)c1ccc(F)cc1. The molecule has 2 aliphatic heterocycles. The predicted molar refractivity (Wildman–Crippen MR) is 127 cm³/mol. The molecule has 2 aliphatic rings. The molecule has 4 nitrogen and oxygen atoms in total. The third-order valence-corrected chi connectivity index (χ3v) is 6.65. The van der Waals surface area contributed by atoms with E-state index < -0.39 is 5.60 Å². The van der Waals surface area contributed by atoms with Gasteiger partial charge in [-0.1, -0.05) is 42.5 Å². The first kappa shape index (κ1) is 21.4. The number of halogens is 1. The van der Waals surface area contributed by atoms with E-state index in [0.717, 1.165) is 61.3 Å². The fourth-order valence-corrected chi connectivity index (χ4v) is 4.97. The van der Waals surface area contributed by atoms with Crippen molar-refractivity contribution in [2.24, 2.45) is 4.99 Å². The van der Waals surface area contributed by atoms with Crippen molar-refractivity contribution in [1.29, 1.82) is 5.26 Å². The zero-order valence-electron chi connectivity index (χ0n) is 18.5. The van der Waals surface area contributed by atoms with Crippen LogP contribution in [0.3, 0.4) is 0 Å². The highest BCUT2D eigenvalue weighted by atomic mass is 19.1. The Morgan fingerprint density at radius 1 is 1.03 bits per heavy atom. The highest BCUT2D eigenvalue weighted by molar-refractivity contribution is 5.85. The summed E-state index contributed by atoms with van der Waals surface area (Å²) in [6.07, 6.45) is 3.41.